The molecule has 1 fully saturated rings. The van der Waals surface area contributed by atoms with Gasteiger partial charge in [0.1, 0.15) is 12.4 Å². The van der Waals surface area contributed by atoms with Gasteiger partial charge in [-0.15, -0.1) is 13.2 Å². The Morgan fingerprint density at radius 1 is 1.03 bits per heavy atom. The van der Waals surface area contributed by atoms with Crippen LogP contribution in [-0.4, -0.2) is 50.7 Å². The molecule has 1 saturated heterocycles. The molecule has 0 aromatic heterocycles. The highest BCUT2D eigenvalue weighted by Gasteiger charge is 2.32. The number of carbonyl (C=O) groups is 1. The fourth-order valence-electron chi connectivity index (χ4n) is 3.52. The van der Waals surface area contributed by atoms with E-state index in [2.05, 4.69) is 4.74 Å². The van der Waals surface area contributed by atoms with Crippen molar-refractivity contribution in [1.29, 1.82) is 0 Å². The van der Waals surface area contributed by atoms with Gasteiger partial charge in [-0.1, -0.05) is 29.8 Å². The Balaban J connectivity index is 1.44. The van der Waals surface area contributed by atoms with Gasteiger partial charge in [-0.25, -0.2) is 8.42 Å². The summed E-state index contributed by atoms with van der Waals surface area (Å²) in [5.74, 6) is -0.493. The van der Waals surface area contributed by atoms with Crippen LogP contribution >= 0.6 is 0 Å². The molecule has 1 aliphatic rings. The number of ether oxygens (including phenoxy) is 2. The summed E-state index contributed by atoms with van der Waals surface area (Å²) in [5, 5.41) is 0. The number of aryl methyl sites for hydroxylation is 2. The molecule has 0 spiro atoms. The van der Waals surface area contributed by atoms with Gasteiger partial charge in [-0.3, -0.25) is 4.79 Å². The smallest absolute Gasteiger partial charge is 0.406 e. The molecule has 6 nitrogen and oxygen atoms in total. The van der Waals surface area contributed by atoms with E-state index in [1.807, 2.05) is 31.2 Å². The first kappa shape index (κ1) is 25.2. The standard InChI is InChI=1S/C23H26F3NO5S/c1-17-2-4-18(5-3-17)6-7-19(28)16-31-20-12-14-27(15-13-20)33(29,30)22-10-8-21(9-11-22)32-23(24,25)26/h2-5,8-11,20H,6-7,12-16H2,1H3. The minimum Gasteiger partial charge on any atom is -0.406 e. The number of rotatable bonds is 9. The molecule has 0 amide bonds. The Bertz CT molecular complexity index is 1030. The molecule has 0 radical (unpaired) electrons. The molecule has 3 rings (SSSR count). The van der Waals surface area contributed by atoms with Gasteiger partial charge >= 0.3 is 6.36 Å². The summed E-state index contributed by atoms with van der Waals surface area (Å²) in [6, 6.07) is 12.1. The lowest BCUT2D eigenvalue weighted by Crippen LogP contribution is -2.41. The molecular weight excluding hydrogens is 459 g/mol. The van der Waals surface area contributed by atoms with Crippen LogP contribution < -0.4 is 4.74 Å². The van der Waals surface area contributed by atoms with Gasteiger partial charge < -0.3 is 9.47 Å². The largest absolute Gasteiger partial charge is 0.573 e. The van der Waals surface area contributed by atoms with E-state index in [-0.39, 0.29) is 36.5 Å². The van der Waals surface area contributed by atoms with Gasteiger partial charge in [-0.05, 0) is 56.0 Å². The van der Waals surface area contributed by atoms with Crippen molar-refractivity contribution in [3.63, 3.8) is 0 Å². The highest BCUT2D eigenvalue weighted by Crippen LogP contribution is 2.26. The Labute approximate surface area is 191 Å². The molecule has 0 unspecified atom stereocenters. The van der Waals surface area contributed by atoms with E-state index in [1.165, 1.54) is 4.31 Å². The zero-order valence-electron chi connectivity index (χ0n) is 18.2. The first-order valence-corrected chi connectivity index (χ1v) is 12.0. The summed E-state index contributed by atoms with van der Waals surface area (Å²) in [7, 11) is -3.85. The quantitative estimate of drug-likeness (QED) is 0.531. The molecule has 0 bridgehead atoms. The van der Waals surface area contributed by atoms with Gasteiger partial charge in [0.25, 0.3) is 0 Å². The van der Waals surface area contributed by atoms with Gasteiger partial charge in [-0.2, -0.15) is 4.31 Å². The van der Waals surface area contributed by atoms with Crippen LogP contribution in [-0.2, 0) is 26.0 Å². The fourth-order valence-corrected chi connectivity index (χ4v) is 4.99. The predicted molar refractivity (Wildman–Crippen MR) is 115 cm³/mol. The second kappa shape index (κ2) is 10.7. The molecule has 2 aromatic carbocycles. The second-order valence-corrected chi connectivity index (χ2v) is 9.90. The van der Waals surface area contributed by atoms with Crippen LogP contribution in [0.2, 0.25) is 0 Å². The van der Waals surface area contributed by atoms with Gasteiger partial charge in [0.15, 0.2) is 5.78 Å². The maximum Gasteiger partial charge on any atom is 0.573 e. The number of Topliss-reactive ketones (excluding diaryl/α,β-unsaturated/α-hetero) is 1. The van der Waals surface area contributed by atoms with Crippen molar-refractivity contribution >= 4 is 15.8 Å². The van der Waals surface area contributed by atoms with Crippen LogP contribution in [0, 0.1) is 6.92 Å². The van der Waals surface area contributed by atoms with Gasteiger partial charge in [0.05, 0.1) is 11.0 Å². The minimum absolute atomic E-state index is 0.00760. The highest BCUT2D eigenvalue weighted by atomic mass is 32.2. The number of hydrogen-bond acceptors (Lipinski definition) is 5. The van der Waals surface area contributed by atoms with E-state index < -0.39 is 22.1 Å². The number of benzene rings is 2. The van der Waals surface area contributed by atoms with Crippen LogP contribution in [0.5, 0.6) is 5.75 Å². The fraction of sp³-hybridized carbons (Fsp3) is 0.435. The monoisotopic (exact) mass is 485 g/mol. The lowest BCUT2D eigenvalue weighted by Gasteiger charge is -2.31. The maximum atomic E-state index is 12.8. The number of hydrogen-bond donors (Lipinski definition) is 0. The van der Waals surface area contributed by atoms with E-state index in [4.69, 9.17) is 4.74 Å². The number of ketones is 1. The molecule has 0 N–H and O–H groups in total. The summed E-state index contributed by atoms with van der Waals surface area (Å²) in [6.07, 6.45) is -3.18. The Hall–Kier alpha value is -2.43. The van der Waals surface area contributed by atoms with Crippen molar-refractivity contribution in [2.45, 2.75) is 50.0 Å². The minimum atomic E-state index is -4.84. The normalized spacial score (nSPS) is 16.0. The third-order valence-corrected chi connectivity index (χ3v) is 7.30. The highest BCUT2D eigenvalue weighted by molar-refractivity contribution is 7.89. The van der Waals surface area contributed by atoms with E-state index in [0.717, 1.165) is 35.4 Å². The molecule has 0 aliphatic carbocycles. The maximum absolute atomic E-state index is 12.8. The number of alkyl halides is 3. The first-order chi connectivity index (χ1) is 15.5. The SMILES string of the molecule is Cc1ccc(CCC(=O)COC2CCN(S(=O)(=O)c3ccc(OC(F)(F)F)cc3)CC2)cc1. The molecule has 10 heteroatoms. The Morgan fingerprint density at radius 3 is 2.21 bits per heavy atom. The Kier molecular flexibility index (Phi) is 8.14. The van der Waals surface area contributed by atoms with E-state index in [0.29, 0.717) is 25.7 Å². The van der Waals surface area contributed by atoms with Crippen molar-refractivity contribution in [1.82, 2.24) is 4.31 Å². The lowest BCUT2D eigenvalue weighted by atomic mass is 10.1. The molecule has 2 aromatic rings. The summed E-state index contributed by atoms with van der Waals surface area (Å²) >= 11 is 0. The number of halogens is 3. The zero-order valence-corrected chi connectivity index (χ0v) is 19.0. The van der Waals surface area contributed by atoms with Crippen LogP contribution in [0.4, 0.5) is 13.2 Å². The van der Waals surface area contributed by atoms with Crippen LogP contribution in [0.15, 0.2) is 53.4 Å². The summed E-state index contributed by atoms with van der Waals surface area (Å²) < 4.78 is 73.1. The summed E-state index contributed by atoms with van der Waals surface area (Å²) in [5.41, 5.74) is 2.25. The van der Waals surface area contributed by atoms with E-state index in [9.17, 15) is 26.4 Å². The summed E-state index contributed by atoms with van der Waals surface area (Å²) in [6.45, 7) is 2.39. The number of nitrogens with zero attached hydrogens (tertiary/aromatic N) is 1. The number of carbonyl (C=O) groups excluding carboxylic acids is 1. The third kappa shape index (κ3) is 7.55. The first-order valence-electron chi connectivity index (χ1n) is 10.6. The van der Waals surface area contributed by atoms with Gasteiger partial charge in [0.2, 0.25) is 10.0 Å². The van der Waals surface area contributed by atoms with Crippen LogP contribution in [0.1, 0.15) is 30.4 Å². The molecular formula is C23H26F3NO5S. The summed E-state index contributed by atoms with van der Waals surface area (Å²) in [4.78, 5) is 12.0. The molecule has 33 heavy (non-hydrogen) atoms. The molecule has 1 heterocycles. The number of sulfonamides is 1. The van der Waals surface area contributed by atoms with Crippen molar-refractivity contribution in [2.75, 3.05) is 19.7 Å². The van der Waals surface area contributed by atoms with Crippen molar-refractivity contribution in [2.24, 2.45) is 0 Å². The molecule has 0 atom stereocenters. The van der Waals surface area contributed by atoms with Crippen molar-refractivity contribution < 1.29 is 35.9 Å². The third-order valence-electron chi connectivity index (χ3n) is 5.39. The van der Waals surface area contributed by atoms with Crippen molar-refractivity contribution in [3.8, 4) is 5.75 Å². The van der Waals surface area contributed by atoms with Crippen LogP contribution in [0.3, 0.4) is 0 Å². The zero-order chi connectivity index (χ0) is 24.1. The average Bonchev–Trinajstić information content (AvgIpc) is 2.77. The topological polar surface area (TPSA) is 72.9 Å². The van der Waals surface area contributed by atoms with Crippen LogP contribution in [0.25, 0.3) is 0 Å². The Morgan fingerprint density at radius 2 is 1.64 bits per heavy atom. The van der Waals surface area contributed by atoms with Gasteiger partial charge in [0, 0.05) is 19.5 Å². The molecule has 180 valence electrons. The molecule has 1 aliphatic heterocycles. The lowest BCUT2D eigenvalue weighted by molar-refractivity contribution is -0.274. The second-order valence-electron chi connectivity index (χ2n) is 7.96. The van der Waals surface area contributed by atoms with Crippen molar-refractivity contribution in [3.05, 3.63) is 59.7 Å². The molecule has 0 saturated carbocycles. The average molecular weight is 486 g/mol. The predicted octanol–water partition coefficient (Wildman–Crippen LogP) is 4.27. The van der Waals surface area contributed by atoms with E-state index in [1.54, 1.807) is 0 Å². The number of piperidine rings is 1. The van der Waals surface area contributed by atoms with E-state index >= 15 is 0 Å².